The van der Waals surface area contributed by atoms with Crippen molar-refractivity contribution in [2.24, 2.45) is 5.41 Å². The lowest BCUT2D eigenvalue weighted by molar-refractivity contribution is -0.142. The van der Waals surface area contributed by atoms with Gasteiger partial charge in [-0.2, -0.15) is 24.4 Å². The van der Waals surface area contributed by atoms with E-state index in [0.717, 1.165) is 17.8 Å². The number of nitrogens with one attached hydrogen (secondary N) is 1. The van der Waals surface area contributed by atoms with Crippen LogP contribution in [0, 0.1) is 5.41 Å². The molecule has 0 spiro atoms. The minimum atomic E-state index is -1.02. The number of carboxylic acid groups (broad SMARTS) is 1. The zero-order valence-electron chi connectivity index (χ0n) is 15.3. The molecule has 0 radical (unpaired) electrons. The Labute approximate surface area is 160 Å². The fourth-order valence-corrected chi connectivity index (χ4v) is 3.08. The van der Waals surface area contributed by atoms with Crippen molar-refractivity contribution in [3.63, 3.8) is 0 Å². The lowest BCUT2D eigenvalue weighted by Gasteiger charge is -2.24. The van der Waals surface area contributed by atoms with Gasteiger partial charge in [0.25, 0.3) is 0 Å². The van der Waals surface area contributed by atoms with Crippen molar-refractivity contribution in [1.29, 1.82) is 0 Å². The summed E-state index contributed by atoms with van der Waals surface area (Å²) in [4.78, 5) is 25.7. The summed E-state index contributed by atoms with van der Waals surface area (Å²) in [6.45, 7) is 6.53. The Kier molecular flexibility index (Phi) is 8.65. The number of thioether (sulfide) groups is 1. The molecular formula is C18H28N2O3S2. The Hall–Kier alpha value is -1.34. The lowest BCUT2D eigenvalue weighted by atomic mass is 9.95. The van der Waals surface area contributed by atoms with Crippen molar-refractivity contribution in [3.05, 3.63) is 29.8 Å². The predicted molar refractivity (Wildman–Crippen MR) is 109 cm³/mol. The van der Waals surface area contributed by atoms with Crippen molar-refractivity contribution in [3.8, 4) is 0 Å². The normalized spacial score (nSPS) is 12.5. The van der Waals surface area contributed by atoms with Crippen LogP contribution in [-0.4, -0.2) is 48.1 Å². The summed E-state index contributed by atoms with van der Waals surface area (Å²) < 4.78 is 0. The molecule has 1 atom stereocenters. The number of carbonyl (C=O) groups is 2. The van der Waals surface area contributed by atoms with Gasteiger partial charge in [-0.25, -0.2) is 4.79 Å². The Morgan fingerprint density at radius 1 is 1.32 bits per heavy atom. The minimum Gasteiger partial charge on any atom is -0.480 e. The highest BCUT2D eigenvalue weighted by Gasteiger charge is 2.30. The first-order valence-corrected chi connectivity index (χ1v) is 10.0. The van der Waals surface area contributed by atoms with Crippen LogP contribution in [0.25, 0.3) is 0 Å². The number of amides is 1. The van der Waals surface area contributed by atoms with Crippen molar-refractivity contribution in [1.82, 2.24) is 5.32 Å². The third kappa shape index (κ3) is 6.82. The maximum Gasteiger partial charge on any atom is 0.327 e. The molecule has 0 aliphatic rings. The summed E-state index contributed by atoms with van der Waals surface area (Å²) in [5, 5.41) is 11.9. The van der Waals surface area contributed by atoms with Crippen molar-refractivity contribution in [2.75, 3.05) is 30.0 Å². The molecule has 0 aliphatic heterocycles. The van der Waals surface area contributed by atoms with Gasteiger partial charge in [-0.3, -0.25) is 4.79 Å². The van der Waals surface area contributed by atoms with Crippen LogP contribution in [0.5, 0.6) is 0 Å². The quantitative estimate of drug-likeness (QED) is 0.541. The van der Waals surface area contributed by atoms with E-state index in [1.54, 1.807) is 13.8 Å². The lowest BCUT2D eigenvalue weighted by Crippen LogP contribution is -2.48. The molecule has 25 heavy (non-hydrogen) atoms. The molecule has 0 bridgehead atoms. The second-order valence-corrected chi connectivity index (χ2v) is 7.95. The number of nitrogens with zero attached hydrogens (tertiary/aromatic N) is 1. The van der Waals surface area contributed by atoms with Crippen LogP contribution in [0.15, 0.2) is 24.3 Å². The molecule has 1 amide bonds. The number of thiol groups is 1. The van der Waals surface area contributed by atoms with E-state index in [2.05, 4.69) is 41.9 Å². The van der Waals surface area contributed by atoms with Gasteiger partial charge in [0.05, 0.1) is 5.41 Å². The highest BCUT2D eigenvalue weighted by atomic mass is 32.2. The number of benzene rings is 1. The Morgan fingerprint density at radius 3 is 2.40 bits per heavy atom. The third-order valence-electron chi connectivity index (χ3n) is 4.02. The number of rotatable bonds is 10. The standard InChI is InChI=1S/C18H28N2O3S2/c1-5-20(4)14-8-6-13(7-9-14)10-25-11-15(16(21)22)19-17(23)18(2,3)12-24/h6-9,15,24H,5,10-12H2,1-4H3,(H,19,23)(H,21,22)/t15-/m0/s1. The molecular weight excluding hydrogens is 356 g/mol. The maximum absolute atomic E-state index is 12.1. The molecule has 0 unspecified atom stereocenters. The number of carbonyl (C=O) groups excluding carboxylic acids is 1. The number of hydrogen-bond donors (Lipinski definition) is 3. The van der Waals surface area contributed by atoms with Gasteiger partial charge in [0.1, 0.15) is 6.04 Å². The minimum absolute atomic E-state index is 0.289. The highest BCUT2D eigenvalue weighted by Crippen LogP contribution is 2.20. The Bertz CT molecular complexity index is 576. The largest absolute Gasteiger partial charge is 0.480 e. The highest BCUT2D eigenvalue weighted by molar-refractivity contribution is 7.98. The molecule has 140 valence electrons. The van der Waals surface area contributed by atoms with Gasteiger partial charge < -0.3 is 15.3 Å². The molecule has 0 heterocycles. The van der Waals surface area contributed by atoms with Crippen LogP contribution in [0.3, 0.4) is 0 Å². The molecule has 1 aromatic rings. The fourth-order valence-electron chi connectivity index (χ4n) is 1.92. The van der Waals surface area contributed by atoms with Gasteiger partial charge in [0.15, 0.2) is 0 Å². The smallest absolute Gasteiger partial charge is 0.327 e. The summed E-state index contributed by atoms with van der Waals surface area (Å²) >= 11 is 5.64. The van der Waals surface area contributed by atoms with Gasteiger partial charge in [-0.05, 0) is 24.6 Å². The van der Waals surface area contributed by atoms with E-state index in [-0.39, 0.29) is 5.91 Å². The van der Waals surface area contributed by atoms with Crippen LogP contribution in [-0.2, 0) is 15.3 Å². The first-order valence-electron chi connectivity index (χ1n) is 8.23. The summed E-state index contributed by atoms with van der Waals surface area (Å²) in [5.74, 6) is 0.0707. The van der Waals surface area contributed by atoms with Crippen LogP contribution in [0.4, 0.5) is 5.69 Å². The Morgan fingerprint density at radius 2 is 1.92 bits per heavy atom. The summed E-state index contributed by atoms with van der Waals surface area (Å²) in [6, 6.07) is 7.32. The van der Waals surface area contributed by atoms with E-state index in [0.29, 0.717) is 17.3 Å². The number of hydrogen-bond acceptors (Lipinski definition) is 5. The molecule has 5 nitrogen and oxygen atoms in total. The van der Waals surface area contributed by atoms with E-state index >= 15 is 0 Å². The van der Waals surface area contributed by atoms with Crippen LogP contribution in [0.1, 0.15) is 26.3 Å². The zero-order chi connectivity index (χ0) is 19.0. The summed E-state index contributed by atoms with van der Waals surface area (Å²) in [5.41, 5.74) is 1.59. The average molecular weight is 385 g/mol. The first kappa shape index (κ1) is 21.7. The predicted octanol–water partition coefficient (Wildman–Crippen LogP) is 2.90. The van der Waals surface area contributed by atoms with E-state index in [1.807, 2.05) is 19.2 Å². The second-order valence-electron chi connectivity index (χ2n) is 6.60. The molecule has 1 rings (SSSR count). The molecule has 2 N–H and O–H groups in total. The summed E-state index contributed by atoms with van der Waals surface area (Å²) in [6.07, 6.45) is 0. The van der Waals surface area contributed by atoms with Gasteiger partial charge >= 0.3 is 5.97 Å². The van der Waals surface area contributed by atoms with Crippen molar-refractivity contribution < 1.29 is 14.7 Å². The van der Waals surface area contributed by atoms with Crippen LogP contribution >= 0.6 is 24.4 Å². The molecule has 0 aromatic heterocycles. The molecule has 0 fully saturated rings. The van der Waals surface area contributed by atoms with E-state index in [1.165, 1.54) is 11.8 Å². The van der Waals surface area contributed by atoms with E-state index < -0.39 is 17.4 Å². The molecule has 0 saturated heterocycles. The van der Waals surface area contributed by atoms with E-state index in [9.17, 15) is 14.7 Å². The first-order chi connectivity index (χ1) is 11.7. The van der Waals surface area contributed by atoms with Crippen LogP contribution < -0.4 is 10.2 Å². The molecule has 0 aliphatic carbocycles. The topological polar surface area (TPSA) is 69.6 Å². The third-order valence-corrected chi connectivity index (χ3v) is 5.92. The zero-order valence-corrected chi connectivity index (χ0v) is 17.0. The average Bonchev–Trinajstić information content (AvgIpc) is 2.60. The maximum atomic E-state index is 12.1. The molecule has 7 heteroatoms. The van der Waals surface area contributed by atoms with Gasteiger partial charge in [-0.15, -0.1) is 0 Å². The number of anilines is 1. The number of aliphatic carboxylic acids is 1. The molecule has 1 aromatic carbocycles. The number of carboxylic acids is 1. The van der Waals surface area contributed by atoms with E-state index in [4.69, 9.17) is 0 Å². The Balaban J connectivity index is 2.56. The van der Waals surface area contributed by atoms with Gasteiger partial charge in [0.2, 0.25) is 5.91 Å². The van der Waals surface area contributed by atoms with Gasteiger partial charge in [-0.1, -0.05) is 26.0 Å². The fraction of sp³-hybridized carbons (Fsp3) is 0.556. The van der Waals surface area contributed by atoms with Crippen LogP contribution in [0.2, 0.25) is 0 Å². The SMILES string of the molecule is CCN(C)c1ccc(CSC[C@H](NC(=O)C(C)(C)CS)C(=O)O)cc1. The monoisotopic (exact) mass is 384 g/mol. The van der Waals surface area contributed by atoms with Crippen molar-refractivity contribution >= 4 is 42.0 Å². The van der Waals surface area contributed by atoms with Gasteiger partial charge in [0, 0.05) is 36.5 Å². The molecule has 0 saturated carbocycles. The van der Waals surface area contributed by atoms with Crippen molar-refractivity contribution in [2.45, 2.75) is 32.6 Å². The summed E-state index contributed by atoms with van der Waals surface area (Å²) in [7, 11) is 2.04. The second kappa shape index (κ2) is 9.97.